The standard InChI is InChI=1S/C18H16N2O4/c1-23-12-5-2-4-11(8-12)20-18(22)15(10-19)17(21)14-9-13(14)16-6-3-7-24-16/h2-8,13-15H,9H2,1H3,(H,20,22). The molecule has 1 saturated carbocycles. The van der Waals surface area contributed by atoms with Crippen LogP contribution in [0.25, 0.3) is 0 Å². The number of nitrogens with one attached hydrogen (secondary N) is 1. The normalized spacial score (nSPS) is 19.8. The molecular formula is C18H16N2O4. The molecule has 24 heavy (non-hydrogen) atoms. The first kappa shape index (κ1) is 15.8. The summed E-state index contributed by atoms with van der Waals surface area (Å²) in [6, 6.07) is 12.1. The van der Waals surface area contributed by atoms with Gasteiger partial charge >= 0.3 is 0 Å². The summed E-state index contributed by atoms with van der Waals surface area (Å²) in [7, 11) is 1.52. The zero-order valence-corrected chi connectivity index (χ0v) is 13.1. The minimum Gasteiger partial charge on any atom is -0.497 e. The highest BCUT2D eigenvalue weighted by atomic mass is 16.5. The number of carbonyl (C=O) groups excluding carboxylic acids is 2. The van der Waals surface area contributed by atoms with E-state index >= 15 is 0 Å². The van der Waals surface area contributed by atoms with Crippen LogP contribution < -0.4 is 10.1 Å². The number of anilines is 1. The molecule has 1 aliphatic rings. The monoisotopic (exact) mass is 324 g/mol. The zero-order chi connectivity index (χ0) is 17.1. The minimum absolute atomic E-state index is 0.0343. The number of rotatable bonds is 6. The number of benzene rings is 1. The van der Waals surface area contributed by atoms with Crippen molar-refractivity contribution in [2.45, 2.75) is 12.3 Å². The summed E-state index contributed by atoms with van der Waals surface area (Å²) in [4.78, 5) is 24.7. The van der Waals surface area contributed by atoms with E-state index in [1.54, 1.807) is 42.7 Å². The molecule has 0 aliphatic heterocycles. The Kier molecular flexibility index (Phi) is 4.34. The van der Waals surface area contributed by atoms with E-state index in [-0.39, 0.29) is 17.6 Å². The van der Waals surface area contributed by atoms with Gasteiger partial charge in [0.1, 0.15) is 11.5 Å². The van der Waals surface area contributed by atoms with E-state index < -0.39 is 11.8 Å². The highest BCUT2D eigenvalue weighted by Gasteiger charge is 2.49. The Morgan fingerprint density at radius 2 is 2.21 bits per heavy atom. The molecule has 1 aromatic heterocycles. The maximum Gasteiger partial charge on any atom is 0.249 e. The third-order valence-corrected chi connectivity index (χ3v) is 4.08. The van der Waals surface area contributed by atoms with Gasteiger partial charge in [-0.2, -0.15) is 5.26 Å². The lowest BCUT2D eigenvalue weighted by Gasteiger charge is -2.10. The summed E-state index contributed by atoms with van der Waals surface area (Å²) in [6.07, 6.45) is 2.16. The molecule has 0 spiro atoms. The fourth-order valence-electron chi connectivity index (χ4n) is 2.71. The Morgan fingerprint density at radius 3 is 2.88 bits per heavy atom. The summed E-state index contributed by atoms with van der Waals surface area (Å²) in [6.45, 7) is 0. The molecule has 3 unspecified atom stereocenters. The van der Waals surface area contributed by atoms with Gasteiger partial charge in [-0.25, -0.2) is 0 Å². The first-order valence-corrected chi connectivity index (χ1v) is 7.55. The minimum atomic E-state index is -1.33. The molecule has 2 aromatic rings. The number of nitriles is 1. The van der Waals surface area contributed by atoms with Crippen LogP contribution in [-0.4, -0.2) is 18.8 Å². The summed E-state index contributed by atoms with van der Waals surface area (Å²) < 4.78 is 10.4. The first-order valence-electron chi connectivity index (χ1n) is 7.55. The number of furan rings is 1. The molecule has 1 heterocycles. The molecule has 1 fully saturated rings. The lowest BCUT2D eigenvalue weighted by atomic mass is 9.99. The Labute approximate surface area is 139 Å². The maximum absolute atomic E-state index is 12.4. The second-order valence-corrected chi connectivity index (χ2v) is 5.65. The van der Waals surface area contributed by atoms with E-state index in [1.807, 2.05) is 6.07 Å². The third kappa shape index (κ3) is 3.15. The first-order chi connectivity index (χ1) is 11.6. The molecule has 0 saturated heterocycles. The number of nitrogens with zero attached hydrogens (tertiary/aromatic N) is 1. The van der Waals surface area contributed by atoms with E-state index in [4.69, 9.17) is 9.15 Å². The van der Waals surface area contributed by atoms with E-state index in [9.17, 15) is 14.9 Å². The van der Waals surface area contributed by atoms with Crippen molar-refractivity contribution in [3.8, 4) is 11.8 Å². The number of hydrogen-bond donors (Lipinski definition) is 1. The number of amides is 1. The van der Waals surface area contributed by atoms with Crippen molar-refractivity contribution in [3.63, 3.8) is 0 Å². The molecule has 6 heteroatoms. The van der Waals surface area contributed by atoms with Gasteiger partial charge < -0.3 is 14.5 Å². The molecule has 122 valence electrons. The molecule has 1 amide bonds. The molecule has 3 atom stereocenters. The quantitative estimate of drug-likeness (QED) is 0.825. The summed E-state index contributed by atoms with van der Waals surface area (Å²) in [5.41, 5.74) is 0.478. The second-order valence-electron chi connectivity index (χ2n) is 5.65. The van der Waals surface area contributed by atoms with Crippen LogP contribution in [0.2, 0.25) is 0 Å². The van der Waals surface area contributed by atoms with Crippen LogP contribution in [0.3, 0.4) is 0 Å². The molecule has 1 aliphatic carbocycles. The highest BCUT2D eigenvalue weighted by molar-refractivity contribution is 6.11. The lowest BCUT2D eigenvalue weighted by molar-refractivity contribution is -0.129. The van der Waals surface area contributed by atoms with Crippen molar-refractivity contribution in [1.29, 1.82) is 5.26 Å². The van der Waals surface area contributed by atoms with E-state index in [0.717, 1.165) is 5.76 Å². The molecule has 1 aromatic carbocycles. The van der Waals surface area contributed by atoms with Crippen molar-refractivity contribution in [1.82, 2.24) is 0 Å². The molecular weight excluding hydrogens is 308 g/mol. The van der Waals surface area contributed by atoms with Gasteiger partial charge in [-0.3, -0.25) is 9.59 Å². The van der Waals surface area contributed by atoms with Crippen LogP contribution >= 0.6 is 0 Å². The van der Waals surface area contributed by atoms with Crippen LogP contribution in [-0.2, 0) is 9.59 Å². The smallest absolute Gasteiger partial charge is 0.249 e. The largest absolute Gasteiger partial charge is 0.497 e. The average Bonchev–Trinajstić information content (AvgIpc) is 3.20. The Bertz CT molecular complexity index is 792. The summed E-state index contributed by atoms with van der Waals surface area (Å²) in [5, 5.41) is 11.9. The summed E-state index contributed by atoms with van der Waals surface area (Å²) >= 11 is 0. The number of ketones is 1. The van der Waals surface area contributed by atoms with Gasteiger partial charge in [0.2, 0.25) is 5.91 Å². The lowest BCUT2D eigenvalue weighted by Crippen LogP contribution is -2.29. The van der Waals surface area contributed by atoms with Gasteiger partial charge in [0.25, 0.3) is 0 Å². The van der Waals surface area contributed by atoms with Crippen LogP contribution in [0.4, 0.5) is 5.69 Å². The van der Waals surface area contributed by atoms with E-state index in [0.29, 0.717) is 17.9 Å². The van der Waals surface area contributed by atoms with Crippen molar-refractivity contribution in [2.24, 2.45) is 11.8 Å². The molecule has 1 N–H and O–H groups in total. The van der Waals surface area contributed by atoms with Gasteiger partial charge in [-0.05, 0) is 30.7 Å². The van der Waals surface area contributed by atoms with Gasteiger partial charge in [-0.15, -0.1) is 0 Å². The second kappa shape index (κ2) is 6.59. The van der Waals surface area contributed by atoms with Crippen LogP contribution in [0, 0.1) is 23.2 Å². The zero-order valence-electron chi connectivity index (χ0n) is 13.1. The van der Waals surface area contributed by atoms with Crippen molar-refractivity contribution >= 4 is 17.4 Å². The number of ether oxygens (including phenoxy) is 1. The predicted octanol–water partition coefficient (Wildman–Crippen LogP) is 2.74. The number of methoxy groups -OCH3 is 1. The van der Waals surface area contributed by atoms with Crippen molar-refractivity contribution < 1.29 is 18.7 Å². The van der Waals surface area contributed by atoms with Gasteiger partial charge in [0, 0.05) is 23.6 Å². The van der Waals surface area contributed by atoms with E-state index in [1.165, 1.54) is 7.11 Å². The molecule has 0 bridgehead atoms. The highest BCUT2D eigenvalue weighted by Crippen LogP contribution is 2.49. The van der Waals surface area contributed by atoms with Crippen LogP contribution in [0.5, 0.6) is 5.75 Å². The van der Waals surface area contributed by atoms with Gasteiger partial charge in [0.05, 0.1) is 19.4 Å². The van der Waals surface area contributed by atoms with Crippen molar-refractivity contribution in [3.05, 3.63) is 48.4 Å². The Morgan fingerprint density at radius 1 is 1.38 bits per heavy atom. The number of carbonyl (C=O) groups is 2. The average molecular weight is 324 g/mol. The Balaban J connectivity index is 1.66. The van der Waals surface area contributed by atoms with E-state index in [2.05, 4.69) is 5.32 Å². The topological polar surface area (TPSA) is 92.3 Å². The van der Waals surface area contributed by atoms with Crippen LogP contribution in [0.1, 0.15) is 18.1 Å². The predicted molar refractivity (Wildman–Crippen MR) is 85.3 cm³/mol. The summed E-state index contributed by atoms with van der Waals surface area (Å²) in [5.74, 6) is -1.39. The van der Waals surface area contributed by atoms with Crippen LogP contribution in [0.15, 0.2) is 47.1 Å². The number of Topliss-reactive ketones (excluding diaryl/α,β-unsaturated/α-hetero) is 1. The molecule has 0 radical (unpaired) electrons. The van der Waals surface area contributed by atoms with Gasteiger partial charge in [-0.1, -0.05) is 6.07 Å². The van der Waals surface area contributed by atoms with Gasteiger partial charge in [0.15, 0.2) is 11.7 Å². The molecule has 6 nitrogen and oxygen atoms in total. The SMILES string of the molecule is COc1cccc(NC(=O)C(C#N)C(=O)C2CC2c2ccco2)c1. The fraction of sp³-hybridized carbons (Fsp3) is 0.278. The number of hydrogen-bond acceptors (Lipinski definition) is 5. The fourth-order valence-corrected chi connectivity index (χ4v) is 2.71. The third-order valence-electron chi connectivity index (χ3n) is 4.08. The maximum atomic E-state index is 12.4. The Hall–Kier alpha value is -3.07. The molecule has 3 rings (SSSR count). The van der Waals surface area contributed by atoms with Crippen molar-refractivity contribution in [2.75, 3.05) is 12.4 Å².